The maximum atomic E-state index is 10.9. The Morgan fingerprint density at radius 3 is 3.17 bits per heavy atom. The maximum Gasteiger partial charge on any atom is 0.217 e. The van der Waals surface area contributed by atoms with E-state index in [1.54, 1.807) is 0 Å². The lowest BCUT2D eigenvalue weighted by atomic mass is 10.0. The zero-order valence-electron chi connectivity index (χ0n) is 10.4. The standard InChI is InChI=1S/C14H16N2O2/c1-10(17)16-13(9-15)7-11-4-5-12-3-2-6-18-14(12)8-11/h4-5,8,13H,2-3,6-7H2,1H3,(H,16,17). The summed E-state index contributed by atoms with van der Waals surface area (Å²) in [5, 5.41) is 11.6. The van der Waals surface area contributed by atoms with Crippen molar-refractivity contribution in [3.05, 3.63) is 29.3 Å². The second-order valence-corrected chi connectivity index (χ2v) is 4.48. The van der Waals surface area contributed by atoms with E-state index >= 15 is 0 Å². The van der Waals surface area contributed by atoms with Gasteiger partial charge in [0, 0.05) is 13.3 Å². The molecular formula is C14H16N2O2. The van der Waals surface area contributed by atoms with Crippen molar-refractivity contribution < 1.29 is 9.53 Å². The molecule has 2 rings (SSSR count). The Bertz CT molecular complexity index is 491. The number of rotatable bonds is 3. The number of fused-ring (bicyclic) bond motifs is 1. The molecular weight excluding hydrogens is 228 g/mol. The Kier molecular flexibility index (Phi) is 3.83. The lowest BCUT2D eigenvalue weighted by Crippen LogP contribution is -2.33. The number of benzene rings is 1. The van der Waals surface area contributed by atoms with Crippen molar-refractivity contribution in [1.82, 2.24) is 5.32 Å². The van der Waals surface area contributed by atoms with Gasteiger partial charge in [0.15, 0.2) is 0 Å². The molecule has 1 unspecified atom stereocenters. The third kappa shape index (κ3) is 3.01. The second kappa shape index (κ2) is 5.54. The lowest BCUT2D eigenvalue weighted by Gasteiger charge is -2.18. The van der Waals surface area contributed by atoms with Crippen LogP contribution in [0.25, 0.3) is 0 Å². The summed E-state index contributed by atoms with van der Waals surface area (Å²) in [6.45, 7) is 2.17. The highest BCUT2D eigenvalue weighted by Crippen LogP contribution is 2.26. The minimum atomic E-state index is -0.482. The number of nitrogens with one attached hydrogen (secondary N) is 1. The molecule has 0 spiro atoms. The van der Waals surface area contributed by atoms with Gasteiger partial charge in [0.05, 0.1) is 12.7 Å². The molecule has 0 saturated carbocycles. The quantitative estimate of drug-likeness (QED) is 0.878. The van der Waals surface area contributed by atoms with E-state index in [2.05, 4.69) is 11.4 Å². The molecule has 0 bridgehead atoms. The Morgan fingerprint density at radius 1 is 1.61 bits per heavy atom. The van der Waals surface area contributed by atoms with Crippen LogP contribution in [0.4, 0.5) is 0 Å². The number of nitrogens with zero attached hydrogens (tertiary/aromatic N) is 1. The van der Waals surface area contributed by atoms with Crippen molar-refractivity contribution in [2.45, 2.75) is 32.2 Å². The molecule has 94 valence electrons. The van der Waals surface area contributed by atoms with Crippen molar-refractivity contribution in [2.24, 2.45) is 0 Å². The third-order valence-corrected chi connectivity index (χ3v) is 2.95. The van der Waals surface area contributed by atoms with E-state index in [0.717, 1.165) is 30.8 Å². The van der Waals surface area contributed by atoms with Gasteiger partial charge in [-0.2, -0.15) is 5.26 Å². The first-order valence-electron chi connectivity index (χ1n) is 6.10. The molecule has 0 fully saturated rings. The highest BCUT2D eigenvalue weighted by atomic mass is 16.5. The zero-order chi connectivity index (χ0) is 13.0. The highest BCUT2D eigenvalue weighted by Gasteiger charge is 2.14. The molecule has 0 aliphatic carbocycles. The molecule has 4 nitrogen and oxygen atoms in total. The van der Waals surface area contributed by atoms with Crippen LogP contribution in [0.2, 0.25) is 0 Å². The summed E-state index contributed by atoms with van der Waals surface area (Å²) in [7, 11) is 0. The van der Waals surface area contributed by atoms with Crippen molar-refractivity contribution in [3.8, 4) is 11.8 Å². The summed E-state index contributed by atoms with van der Waals surface area (Å²) in [4.78, 5) is 10.9. The van der Waals surface area contributed by atoms with E-state index in [0.29, 0.717) is 6.42 Å². The molecule has 1 atom stereocenters. The number of hydrogen-bond acceptors (Lipinski definition) is 3. The normalized spacial score (nSPS) is 14.9. The SMILES string of the molecule is CC(=O)NC(C#N)Cc1ccc2c(c1)OCCC2. The average molecular weight is 244 g/mol. The molecule has 1 aliphatic heterocycles. The Hall–Kier alpha value is -2.02. The molecule has 1 amide bonds. The zero-order valence-corrected chi connectivity index (χ0v) is 10.4. The molecule has 1 aliphatic rings. The minimum Gasteiger partial charge on any atom is -0.493 e. The van der Waals surface area contributed by atoms with Gasteiger partial charge in [-0.3, -0.25) is 4.79 Å². The average Bonchev–Trinajstić information content (AvgIpc) is 2.37. The van der Waals surface area contributed by atoms with Gasteiger partial charge in [-0.15, -0.1) is 0 Å². The second-order valence-electron chi connectivity index (χ2n) is 4.48. The Morgan fingerprint density at radius 2 is 2.44 bits per heavy atom. The largest absolute Gasteiger partial charge is 0.493 e. The lowest BCUT2D eigenvalue weighted by molar-refractivity contribution is -0.119. The van der Waals surface area contributed by atoms with Gasteiger partial charge in [0.2, 0.25) is 5.91 Å². The first kappa shape index (κ1) is 12.4. The predicted octanol–water partition coefficient (Wildman–Crippen LogP) is 1.58. The first-order valence-corrected chi connectivity index (χ1v) is 6.10. The van der Waals surface area contributed by atoms with Crippen LogP contribution in [-0.4, -0.2) is 18.6 Å². The van der Waals surface area contributed by atoms with Crippen molar-refractivity contribution in [3.63, 3.8) is 0 Å². The fourth-order valence-corrected chi connectivity index (χ4v) is 2.12. The summed E-state index contributed by atoms with van der Waals surface area (Å²) >= 11 is 0. The molecule has 1 N–H and O–H groups in total. The van der Waals surface area contributed by atoms with Gasteiger partial charge in [0.1, 0.15) is 11.8 Å². The number of ether oxygens (including phenoxy) is 1. The fraction of sp³-hybridized carbons (Fsp3) is 0.429. The van der Waals surface area contributed by atoms with Crippen LogP contribution < -0.4 is 10.1 Å². The van der Waals surface area contributed by atoms with Crippen LogP contribution in [0.1, 0.15) is 24.5 Å². The maximum absolute atomic E-state index is 10.9. The van der Waals surface area contributed by atoms with E-state index in [1.165, 1.54) is 12.5 Å². The number of aryl methyl sites for hydroxylation is 1. The summed E-state index contributed by atoms with van der Waals surface area (Å²) < 4.78 is 5.59. The number of carbonyl (C=O) groups is 1. The van der Waals surface area contributed by atoms with Crippen LogP contribution >= 0.6 is 0 Å². The molecule has 18 heavy (non-hydrogen) atoms. The summed E-state index contributed by atoms with van der Waals surface area (Å²) in [5.41, 5.74) is 2.23. The van der Waals surface area contributed by atoms with Gasteiger partial charge < -0.3 is 10.1 Å². The van der Waals surface area contributed by atoms with Crippen LogP contribution in [-0.2, 0) is 17.6 Å². The number of hydrogen-bond donors (Lipinski definition) is 1. The van der Waals surface area contributed by atoms with E-state index < -0.39 is 6.04 Å². The summed E-state index contributed by atoms with van der Waals surface area (Å²) in [6.07, 6.45) is 2.61. The molecule has 1 aromatic rings. The topological polar surface area (TPSA) is 62.1 Å². The van der Waals surface area contributed by atoms with Gasteiger partial charge in [-0.1, -0.05) is 12.1 Å². The fourth-order valence-electron chi connectivity index (χ4n) is 2.12. The summed E-state index contributed by atoms with van der Waals surface area (Å²) in [5.74, 6) is 0.731. The van der Waals surface area contributed by atoms with Crippen molar-refractivity contribution in [1.29, 1.82) is 5.26 Å². The van der Waals surface area contributed by atoms with Crippen LogP contribution in [0.5, 0.6) is 5.75 Å². The smallest absolute Gasteiger partial charge is 0.217 e. The van der Waals surface area contributed by atoms with Crippen molar-refractivity contribution in [2.75, 3.05) is 6.61 Å². The van der Waals surface area contributed by atoms with Gasteiger partial charge >= 0.3 is 0 Å². The molecule has 1 heterocycles. The van der Waals surface area contributed by atoms with E-state index in [9.17, 15) is 4.79 Å². The Balaban J connectivity index is 2.09. The van der Waals surface area contributed by atoms with Crippen LogP contribution in [0.15, 0.2) is 18.2 Å². The number of amides is 1. The predicted molar refractivity (Wildman–Crippen MR) is 67.2 cm³/mol. The molecule has 4 heteroatoms. The monoisotopic (exact) mass is 244 g/mol. The van der Waals surface area contributed by atoms with Crippen LogP contribution in [0.3, 0.4) is 0 Å². The molecule has 1 aromatic carbocycles. The first-order chi connectivity index (χ1) is 8.69. The van der Waals surface area contributed by atoms with E-state index in [-0.39, 0.29) is 5.91 Å². The molecule has 0 aromatic heterocycles. The van der Waals surface area contributed by atoms with Crippen LogP contribution in [0, 0.1) is 11.3 Å². The van der Waals surface area contributed by atoms with Gasteiger partial charge in [-0.05, 0) is 30.0 Å². The van der Waals surface area contributed by atoms with E-state index in [4.69, 9.17) is 10.00 Å². The highest BCUT2D eigenvalue weighted by molar-refractivity contribution is 5.73. The van der Waals surface area contributed by atoms with Crippen molar-refractivity contribution >= 4 is 5.91 Å². The number of carbonyl (C=O) groups excluding carboxylic acids is 1. The minimum absolute atomic E-state index is 0.184. The number of nitriles is 1. The van der Waals surface area contributed by atoms with Gasteiger partial charge in [0.25, 0.3) is 0 Å². The van der Waals surface area contributed by atoms with Gasteiger partial charge in [-0.25, -0.2) is 0 Å². The molecule has 0 saturated heterocycles. The van der Waals surface area contributed by atoms with E-state index in [1.807, 2.05) is 18.2 Å². The third-order valence-electron chi connectivity index (χ3n) is 2.95. The molecule has 0 radical (unpaired) electrons. The summed E-state index contributed by atoms with van der Waals surface area (Å²) in [6, 6.07) is 7.63. The Labute approximate surface area is 107 Å².